The number of ether oxygens (including phenoxy) is 1. The predicted octanol–water partition coefficient (Wildman–Crippen LogP) is 2.33. The fourth-order valence-corrected chi connectivity index (χ4v) is 3.45. The van der Waals surface area contributed by atoms with E-state index in [2.05, 4.69) is 28.4 Å². The fraction of sp³-hybridized carbons (Fsp3) is 0.579. The summed E-state index contributed by atoms with van der Waals surface area (Å²) < 4.78 is 5.26. The molecule has 1 saturated heterocycles. The Balaban J connectivity index is 1.95. The van der Waals surface area contributed by atoms with Gasteiger partial charge in [-0.15, -0.1) is 0 Å². The molecule has 1 aliphatic rings. The van der Waals surface area contributed by atoms with E-state index in [1.54, 1.807) is 0 Å². The van der Waals surface area contributed by atoms with Crippen LogP contribution in [-0.4, -0.2) is 42.6 Å². The summed E-state index contributed by atoms with van der Waals surface area (Å²) in [6.07, 6.45) is 0.508. The Morgan fingerprint density at radius 2 is 2.08 bits per heavy atom. The molecule has 5 nitrogen and oxygen atoms in total. The minimum absolute atomic E-state index is 0.230. The molecular formula is C19H27N3O2. The topological polar surface area (TPSA) is 65.4 Å². The third kappa shape index (κ3) is 4.14. The van der Waals surface area contributed by atoms with Crippen LogP contribution < -0.4 is 5.32 Å². The molecule has 130 valence electrons. The Labute approximate surface area is 144 Å². The third-order valence-corrected chi connectivity index (χ3v) is 4.69. The standard InChI is InChI=1S/C19H27N3O2/c1-4-24-17(23)19(3)13-18(2,14-20)15-22(19)11-10-21-12-16-8-6-5-7-9-16/h5-9,21H,4,10-13,15H2,1-3H3/t18-,19-/m0/s1. The highest BCUT2D eigenvalue weighted by atomic mass is 16.5. The summed E-state index contributed by atoms with van der Waals surface area (Å²) in [5, 5.41) is 12.9. The fourth-order valence-electron chi connectivity index (χ4n) is 3.45. The first-order chi connectivity index (χ1) is 11.4. The molecule has 0 saturated carbocycles. The molecule has 24 heavy (non-hydrogen) atoms. The lowest BCUT2D eigenvalue weighted by Crippen LogP contribution is -2.50. The number of nitrogens with zero attached hydrogens (tertiary/aromatic N) is 2. The van der Waals surface area contributed by atoms with Crippen molar-refractivity contribution in [2.45, 2.75) is 39.3 Å². The number of nitriles is 1. The molecule has 1 heterocycles. The Kier molecular flexibility index (Phi) is 5.98. The molecule has 1 aromatic carbocycles. The van der Waals surface area contributed by atoms with Gasteiger partial charge in [0.25, 0.3) is 0 Å². The van der Waals surface area contributed by atoms with Crippen molar-refractivity contribution in [3.05, 3.63) is 35.9 Å². The van der Waals surface area contributed by atoms with Crippen molar-refractivity contribution in [2.24, 2.45) is 5.41 Å². The maximum absolute atomic E-state index is 12.4. The van der Waals surface area contributed by atoms with Crippen molar-refractivity contribution in [1.29, 1.82) is 5.26 Å². The SMILES string of the molecule is CCOC(=O)[C@]1(C)C[C@@](C)(C#N)CN1CCNCc1ccccc1. The number of carbonyl (C=O) groups excluding carboxylic acids is 1. The highest BCUT2D eigenvalue weighted by Gasteiger charge is 2.53. The third-order valence-electron chi connectivity index (χ3n) is 4.69. The zero-order valence-corrected chi connectivity index (χ0v) is 14.8. The van der Waals surface area contributed by atoms with E-state index < -0.39 is 11.0 Å². The van der Waals surface area contributed by atoms with Crippen LogP contribution in [-0.2, 0) is 16.1 Å². The second-order valence-corrected chi connectivity index (χ2v) is 6.93. The summed E-state index contributed by atoms with van der Waals surface area (Å²) in [6, 6.07) is 12.6. The van der Waals surface area contributed by atoms with E-state index >= 15 is 0 Å². The van der Waals surface area contributed by atoms with E-state index in [4.69, 9.17) is 4.74 Å². The van der Waals surface area contributed by atoms with Crippen LogP contribution in [0, 0.1) is 16.7 Å². The number of esters is 1. The lowest BCUT2D eigenvalue weighted by Gasteiger charge is -2.32. The highest BCUT2D eigenvalue weighted by Crippen LogP contribution is 2.41. The molecule has 2 atom stereocenters. The van der Waals surface area contributed by atoms with Gasteiger partial charge in [-0.1, -0.05) is 30.3 Å². The largest absolute Gasteiger partial charge is 0.465 e. The number of nitrogens with one attached hydrogen (secondary N) is 1. The van der Waals surface area contributed by atoms with Crippen molar-refractivity contribution in [3.8, 4) is 6.07 Å². The van der Waals surface area contributed by atoms with Crippen LogP contribution in [0.3, 0.4) is 0 Å². The molecule has 1 aromatic rings. The maximum Gasteiger partial charge on any atom is 0.326 e. The number of likely N-dealkylation sites (tertiary alicyclic amines) is 1. The highest BCUT2D eigenvalue weighted by molar-refractivity contribution is 5.81. The minimum Gasteiger partial charge on any atom is -0.465 e. The van der Waals surface area contributed by atoms with E-state index in [0.29, 0.717) is 26.1 Å². The molecule has 0 bridgehead atoms. The Bertz CT molecular complexity index is 598. The molecule has 1 N–H and O–H groups in total. The quantitative estimate of drug-likeness (QED) is 0.614. The lowest BCUT2D eigenvalue weighted by molar-refractivity contribution is -0.155. The molecule has 5 heteroatoms. The number of hydrogen-bond donors (Lipinski definition) is 1. The smallest absolute Gasteiger partial charge is 0.326 e. The molecule has 1 fully saturated rings. The first-order valence-corrected chi connectivity index (χ1v) is 8.52. The van der Waals surface area contributed by atoms with Crippen LogP contribution in [0.1, 0.15) is 32.8 Å². The van der Waals surface area contributed by atoms with Crippen molar-refractivity contribution < 1.29 is 9.53 Å². The summed E-state index contributed by atoms with van der Waals surface area (Å²) in [6.45, 7) is 8.83. The van der Waals surface area contributed by atoms with E-state index in [1.807, 2.05) is 39.0 Å². The van der Waals surface area contributed by atoms with Gasteiger partial charge in [0, 0.05) is 26.2 Å². The van der Waals surface area contributed by atoms with Gasteiger partial charge in [0.05, 0.1) is 18.1 Å². The van der Waals surface area contributed by atoms with Crippen LogP contribution in [0.25, 0.3) is 0 Å². The molecule has 0 radical (unpaired) electrons. The van der Waals surface area contributed by atoms with E-state index in [9.17, 15) is 10.1 Å². The Hall–Kier alpha value is -1.90. The van der Waals surface area contributed by atoms with Crippen LogP contribution in [0.5, 0.6) is 0 Å². The summed E-state index contributed by atoms with van der Waals surface area (Å²) in [7, 11) is 0. The van der Waals surface area contributed by atoms with Crippen LogP contribution in [0.15, 0.2) is 30.3 Å². The normalized spacial score (nSPS) is 26.9. The second-order valence-electron chi connectivity index (χ2n) is 6.93. The van der Waals surface area contributed by atoms with E-state index in [0.717, 1.165) is 13.1 Å². The van der Waals surface area contributed by atoms with Gasteiger partial charge >= 0.3 is 5.97 Å². The van der Waals surface area contributed by atoms with Crippen molar-refractivity contribution in [3.63, 3.8) is 0 Å². The van der Waals surface area contributed by atoms with Crippen LogP contribution in [0.4, 0.5) is 0 Å². The van der Waals surface area contributed by atoms with Crippen LogP contribution >= 0.6 is 0 Å². The van der Waals surface area contributed by atoms with Gasteiger partial charge in [0.15, 0.2) is 0 Å². The summed E-state index contributed by atoms with van der Waals surface area (Å²) in [4.78, 5) is 14.5. The minimum atomic E-state index is -0.727. The van der Waals surface area contributed by atoms with Crippen molar-refractivity contribution >= 4 is 5.97 Å². The predicted molar refractivity (Wildman–Crippen MR) is 93.1 cm³/mol. The monoisotopic (exact) mass is 329 g/mol. The van der Waals surface area contributed by atoms with Crippen molar-refractivity contribution in [1.82, 2.24) is 10.2 Å². The number of rotatable bonds is 7. The van der Waals surface area contributed by atoms with Gasteiger partial charge in [-0.2, -0.15) is 5.26 Å². The first-order valence-electron chi connectivity index (χ1n) is 8.52. The molecule has 0 unspecified atom stereocenters. The summed E-state index contributed by atoms with van der Waals surface area (Å²) in [5.41, 5.74) is -0.00972. The summed E-state index contributed by atoms with van der Waals surface area (Å²) >= 11 is 0. The molecule has 0 amide bonds. The van der Waals surface area contributed by atoms with Gasteiger partial charge in [-0.25, -0.2) is 0 Å². The zero-order valence-electron chi connectivity index (χ0n) is 14.8. The number of carbonyl (C=O) groups is 1. The van der Waals surface area contributed by atoms with Gasteiger partial charge in [0.1, 0.15) is 5.54 Å². The van der Waals surface area contributed by atoms with E-state index in [1.165, 1.54) is 5.56 Å². The van der Waals surface area contributed by atoms with Gasteiger partial charge < -0.3 is 10.1 Å². The van der Waals surface area contributed by atoms with Gasteiger partial charge in [-0.05, 0) is 32.8 Å². The average Bonchev–Trinajstić information content (AvgIpc) is 2.85. The van der Waals surface area contributed by atoms with Gasteiger partial charge in [0.2, 0.25) is 0 Å². The maximum atomic E-state index is 12.4. The molecule has 2 rings (SSSR count). The average molecular weight is 329 g/mol. The lowest BCUT2D eigenvalue weighted by atomic mass is 9.84. The van der Waals surface area contributed by atoms with Crippen molar-refractivity contribution in [2.75, 3.05) is 26.2 Å². The summed E-state index contributed by atoms with van der Waals surface area (Å²) in [5.74, 6) is -0.230. The van der Waals surface area contributed by atoms with E-state index in [-0.39, 0.29) is 5.97 Å². The number of hydrogen-bond acceptors (Lipinski definition) is 5. The molecular weight excluding hydrogens is 302 g/mol. The van der Waals surface area contributed by atoms with Crippen LogP contribution in [0.2, 0.25) is 0 Å². The molecule has 0 aliphatic carbocycles. The molecule has 0 spiro atoms. The number of benzene rings is 1. The Morgan fingerprint density at radius 3 is 2.71 bits per heavy atom. The molecule has 1 aliphatic heterocycles. The van der Waals surface area contributed by atoms with Gasteiger partial charge in [-0.3, -0.25) is 9.69 Å². The first kappa shape index (κ1) is 18.4. The zero-order chi connectivity index (χ0) is 17.6. The molecule has 0 aromatic heterocycles. The Morgan fingerprint density at radius 1 is 1.38 bits per heavy atom. The second kappa shape index (κ2) is 7.78.